The van der Waals surface area contributed by atoms with Gasteiger partial charge in [0.05, 0.1) is 0 Å². The molecule has 0 aliphatic carbocycles. The predicted octanol–water partition coefficient (Wildman–Crippen LogP) is 0.232. The normalized spacial score (nSPS) is 21.5. The zero-order valence-electron chi connectivity index (χ0n) is 3.72. The molecule has 0 bridgehead atoms. The number of thiol groups is 1. The Balaban J connectivity index is 1.88. The van der Waals surface area contributed by atoms with Crippen molar-refractivity contribution in [3.8, 4) is 0 Å². The van der Waals surface area contributed by atoms with Crippen molar-refractivity contribution in [2.45, 2.75) is 0 Å². The molecular weight excluding hydrogens is 94.1 g/mol. The topological polar surface area (TPSA) is 3.01 Å². The molecule has 36 valence electrons. The summed E-state index contributed by atoms with van der Waals surface area (Å²) in [6.45, 7) is 3.80. The molecule has 0 saturated carbocycles. The standard InChI is InChI=1S/C4H9NS/c6-4-3-5-1-2-5/h6H,1-4H2. The van der Waals surface area contributed by atoms with Gasteiger partial charge in [0, 0.05) is 25.4 Å². The molecular formula is C4H9NS. The molecule has 0 amide bonds. The van der Waals surface area contributed by atoms with Crippen molar-refractivity contribution >= 4 is 12.6 Å². The van der Waals surface area contributed by atoms with Gasteiger partial charge in [0.25, 0.3) is 0 Å². The number of hydrogen-bond donors (Lipinski definition) is 1. The maximum absolute atomic E-state index is 4.06. The van der Waals surface area contributed by atoms with Gasteiger partial charge in [-0.3, -0.25) is 4.90 Å². The summed E-state index contributed by atoms with van der Waals surface area (Å²) in [7, 11) is 0. The highest BCUT2D eigenvalue weighted by molar-refractivity contribution is 7.80. The molecule has 1 heterocycles. The molecule has 0 N–H and O–H groups in total. The van der Waals surface area contributed by atoms with Crippen LogP contribution in [-0.4, -0.2) is 30.3 Å². The molecule has 1 saturated heterocycles. The minimum absolute atomic E-state index is 1.01. The minimum Gasteiger partial charge on any atom is -0.300 e. The molecule has 0 atom stereocenters. The first kappa shape index (κ1) is 4.47. The van der Waals surface area contributed by atoms with Crippen molar-refractivity contribution in [3.05, 3.63) is 0 Å². The van der Waals surface area contributed by atoms with E-state index in [2.05, 4.69) is 17.5 Å². The summed E-state index contributed by atoms with van der Waals surface area (Å²) in [4.78, 5) is 2.35. The van der Waals surface area contributed by atoms with E-state index in [4.69, 9.17) is 0 Å². The Labute approximate surface area is 43.7 Å². The molecule has 0 radical (unpaired) electrons. The lowest BCUT2D eigenvalue weighted by Crippen LogP contribution is -1.98. The van der Waals surface area contributed by atoms with Crippen LogP contribution in [0.1, 0.15) is 0 Å². The highest BCUT2D eigenvalue weighted by Crippen LogP contribution is 2.00. The van der Waals surface area contributed by atoms with Crippen LogP contribution < -0.4 is 0 Å². The molecule has 0 unspecified atom stereocenters. The average Bonchev–Trinajstić information content (AvgIpc) is 2.21. The van der Waals surface area contributed by atoms with Gasteiger partial charge in [-0.15, -0.1) is 0 Å². The molecule has 1 nitrogen and oxygen atoms in total. The lowest BCUT2D eigenvalue weighted by atomic mass is 10.8. The smallest absolute Gasteiger partial charge is 0.0110 e. The van der Waals surface area contributed by atoms with Gasteiger partial charge in [0.2, 0.25) is 0 Å². The van der Waals surface area contributed by atoms with Gasteiger partial charge in [-0.1, -0.05) is 0 Å². The van der Waals surface area contributed by atoms with E-state index < -0.39 is 0 Å². The van der Waals surface area contributed by atoms with Crippen LogP contribution in [0.25, 0.3) is 0 Å². The summed E-state index contributed by atoms with van der Waals surface area (Å²) in [6, 6.07) is 0. The summed E-state index contributed by atoms with van der Waals surface area (Å²) in [5, 5.41) is 0. The average molecular weight is 103 g/mol. The highest BCUT2D eigenvalue weighted by atomic mass is 32.1. The van der Waals surface area contributed by atoms with Crippen molar-refractivity contribution in [2.75, 3.05) is 25.4 Å². The van der Waals surface area contributed by atoms with E-state index in [-0.39, 0.29) is 0 Å². The maximum Gasteiger partial charge on any atom is 0.0110 e. The van der Waals surface area contributed by atoms with E-state index in [1.165, 1.54) is 19.6 Å². The molecule has 1 aliphatic rings. The van der Waals surface area contributed by atoms with Gasteiger partial charge in [-0.25, -0.2) is 0 Å². The Bertz CT molecular complexity index is 42.8. The number of hydrogen-bond acceptors (Lipinski definition) is 2. The lowest BCUT2D eigenvalue weighted by molar-refractivity contribution is 0.601. The van der Waals surface area contributed by atoms with E-state index >= 15 is 0 Å². The second-order valence-electron chi connectivity index (χ2n) is 1.57. The van der Waals surface area contributed by atoms with Crippen LogP contribution in [0.5, 0.6) is 0 Å². The first-order valence-corrected chi connectivity index (χ1v) is 2.90. The zero-order chi connectivity index (χ0) is 4.41. The Morgan fingerprint density at radius 1 is 1.50 bits per heavy atom. The molecule has 1 aliphatic heterocycles. The molecule has 6 heavy (non-hydrogen) atoms. The fraction of sp³-hybridized carbons (Fsp3) is 1.00. The molecule has 0 aromatic rings. The van der Waals surface area contributed by atoms with E-state index in [1.54, 1.807) is 0 Å². The molecule has 0 aromatic carbocycles. The summed E-state index contributed by atoms with van der Waals surface area (Å²) in [5.41, 5.74) is 0. The fourth-order valence-electron chi connectivity index (χ4n) is 0.436. The monoisotopic (exact) mass is 103 g/mol. The van der Waals surface area contributed by atoms with Gasteiger partial charge in [-0.2, -0.15) is 12.6 Å². The van der Waals surface area contributed by atoms with E-state index in [9.17, 15) is 0 Å². The highest BCUT2D eigenvalue weighted by Gasteiger charge is 2.13. The minimum atomic E-state index is 1.01. The molecule has 0 aromatic heterocycles. The molecule has 0 spiro atoms. The maximum atomic E-state index is 4.06. The van der Waals surface area contributed by atoms with Crippen molar-refractivity contribution < 1.29 is 0 Å². The van der Waals surface area contributed by atoms with Gasteiger partial charge in [0.15, 0.2) is 0 Å². The zero-order valence-corrected chi connectivity index (χ0v) is 4.62. The predicted molar refractivity (Wildman–Crippen MR) is 30.3 cm³/mol. The third kappa shape index (κ3) is 1.19. The number of nitrogens with zero attached hydrogens (tertiary/aromatic N) is 1. The third-order valence-corrected chi connectivity index (χ3v) is 1.16. The van der Waals surface area contributed by atoms with Crippen LogP contribution in [0.2, 0.25) is 0 Å². The third-order valence-electron chi connectivity index (χ3n) is 0.956. The molecule has 1 rings (SSSR count). The van der Waals surface area contributed by atoms with Crippen molar-refractivity contribution in [1.82, 2.24) is 4.90 Å². The Morgan fingerprint density at radius 2 is 2.17 bits per heavy atom. The second kappa shape index (κ2) is 1.85. The van der Waals surface area contributed by atoms with Crippen molar-refractivity contribution in [2.24, 2.45) is 0 Å². The van der Waals surface area contributed by atoms with Crippen molar-refractivity contribution in [3.63, 3.8) is 0 Å². The van der Waals surface area contributed by atoms with Crippen LogP contribution in [0, 0.1) is 0 Å². The first-order valence-electron chi connectivity index (χ1n) is 2.26. The van der Waals surface area contributed by atoms with Crippen LogP contribution >= 0.6 is 12.6 Å². The van der Waals surface area contributed by atoms with Gasteiger partial charge in [0.1, 0.15) is 0 Å². The summed E-state index contributed by atoms with van der Waals surface area (Å²) < 4.78 is 0. The second-order valence-corrected chi connectivity index (χ2v) is 2.01. The quantitative estimate of drug-likeness (QED) is 0.387. The summed E-state index contributed by atoms with van der Waals surface area (Å²) in [5.74, 6) is 1.01. The summed E-state index contributed by atoms with van der Waals surface area (Å²) >= 11 is 4.06. The lowest BCUT2D eigenvalue weighted by Gasteiger charge is -1.88. The van der Waals surface area contributed by atoms with E-state index in [0.717, 1.165) is 5.75 Å². The van der Waals surface area contributed by atoms with Gasteiger partial charge in [-0.05, 0) is 0 Å². The van der Waals surface area contributed by atoms with E-state index in [1.807, 2.05) is 0 Å². The Morgan fingerprint density at radius 3 is 2.33 bits per heavy atom. The van der Waals surface area contributed by atoms with Crippen LogP contribution in [-0.2, 0) is 0 Å². The largest absolute Gasteiger partial charge is 0.300 e. The summed E-state index contributed by atoms with van der Waals surface area (Å²) in [6.07, 6.45) is 0. The molecule has 2 heteroatoms. The van der Waals surface area contributed by atoms with Gasteiger partial charge < -0.3 is 0 Å². The van der Waals surface area contributed by atoms with Crippen LogP contribution in [0.15, 0.2) is 0 Å². The van der Waals surface area contributed by atoms with Crippen LogP contribution in [0.3, 0.4) is 0 Å². The number of rotatable bonds is 2. The SMILES string of the molecule is SCCN1CC1. The van der Waals surface area contributed by atoms with Crippen LogP contribution in [0.4, 0.5) is 0 Å². The fourth-order valence-corrected chi connectivity index (χ4v) is 0.719. The van der Waals surface area contributed by atoms with E-state index in [0.29, 0.717) is 0 Å². The van der Waals surface area contributed by atoms with Crippen molar-refractivity contribution in [1.29, 1.82) is 0 Å². The van der Waals surface area contributed by atoms with Gasteiger partial charge >= 0.3 is 0 Å². The Kier molecular flexibility index (Phi) is 1.37. The molecule has 1 fully saturated rings. The first-order chi connectivity index (χ1) is 2.93. The Hall–Kier alpha value is 0.310.